The number of imidazole rings is 1. The summed E-state index contributed by atoms with van der Waals surface area (Å²) in [6, 6.07) is 18.7. The Morgan fingerprint density at radius 1 is 1.15 bits per heavy atom. The van der Waals surface area contributed by atoms with Crippen LogP contribution in [-0.4, -0.2) is 54.5 Å². The van der Waals surface area contributed by atoms with Crippen molar-refractivity contribution in [3.05, 3.63) is 88.5 Å². The van der Waals surface area contributed by atoms with Crippen LogP contribution in [0.4, 0.5) is 5.95 Å². The zero-order valence-electron chi connectivity index (χ0n) is 18.0. The third-order valence-electron chi connectivity index (χ3n) is 5.90. The summed E-state index contributed by atoms with van der Waals surface area (Å²) in [6.45, 7) is -0.333. The van der Waals surface area contributed by atoms with Gasteiger partial charge < -0.3 is 14.9 Å². The number of ether oxygens (including phenoxy) is 1. The predicted octanol–water partition coefficient (Wildman–Crippen LogP) is 1.53. The number of amides is 1. The molecule has 1 aliphatic rings. The number of hydrogen-bond donors (Lipinski definition) is 4. The number of aliphatic hydroxyl groups excluding tert-OH is 2. The number of aliphatic hydroxyl groups is 2. The zero-order valence-corrected chi connectivity index (χ0v) is 18.0. The molecule has 0 spiro atoms. The van der Waals surface area contributed by atoms with Crippen LogP contribution in [0, 0.1) is 0 Å². The fraction of sp³-hybridized carbons (Fsp3) is 0.250. The number of benzene rings is 2. The summed E-state index contributed by atoms with van der Waals surface area (Å²) in [6.07, 6.45) is -0.646. The van der Waals surface area contributed by atoms with E-state index in [1.807, 2.05) is 60.7 Å². The van der Waals surface area contributed by atoms with Crippen LogP contribution in [0.5, 0.6) is 0 Å². The number of hydrogen-bond acceptors (Lipinski definition) is 7. The van der Waals surface area contributed by atoms with E-state index in [2.05, 4.69) is 20.3 Å². The number of fused-ring (bicyclic) bond motifs is 1. The lowest BCUT2D eigenvalue weighted by atomic mass is 9.90. The number of H-pyrrole nitrogens is 1. The van der Waals surface area contributed by atoms with Crippen LogP contribution < -0.4 is 10.9 Å². The van der Waals surface area contributed by atoms with Gasteiger partial charge >= 0.3 is 0 Å². The molecule has 3 atom stereocenters. The number of aromatic amines is 1. The van der Waals surface area contributed by atoms with Gasteiger partial charge in [0, 0.05) is 6.42 Å². The van der Waals surface area contributed by atoms with Gasteiger partial charge in [-0.2, -0.15) is 4.98 Å². The molecule has 1 amide bonds. The van der Waals surface area contributed by atoms with Gasteiger partial charge in [-0.3, -0.25) is 24.5 Å². The first kappa shape index (κ1) is 22.0. The third kappa shape index (κ3) is 4.10. The van der Waals surface area contributed by atoms with Gasteiger partial charge in [-0.15, -0.1) is 0 Å². The lowest BCUT2D eigenvalue weighted by Crippen LogP contribution is -2.25. The molecule has 5 rings (SSSR count). The lowest BCUT2D eigenvalue weighted by Gasteiger charge is -2.18. The summed E-state index contributed by atoms with van der Waals surface area (Å²) in [5, 5.41) is 22.2. The highest BCUT2D eigenvalue weighted by Gasteiger charge is 2.35. The van der Waals surface area contributed by atoms with Crippen molar-refractivity contribution in [2.75, 3.05) is 11.9 Å². The second-order valence-corrected chi connectivity index (χ2v) is 8.10. The largest absolute Gasteiger partial charge is 0.394 e. The van der Waals surface area contributed by atoms with Crippen molar-refractivity contribution in [1.82, 2.24) is 19.5 Å². The van der Waals surface area contributed by atoms with Crippen LogP contribution in [0.3, 0.4) is 0 Å². The van der Waals surface area contributed by atoms with Gasteiger partial charge in [-0.25, -0.2) is 4.98 Å². The maximum atomic E-state index is 13.4. The Morgan fingerprint density at radius 3 is 2.38 bits per heavy atom. The number of rotatable bonds is 6. The van der Waals surface area contributed by atoms with E-state index in [4.69, 9.17) is 4.74 Å². The molecule has 4 N–H and O–H groups in total. The van der Waals surface area contributed by atoms with E-state index in [0.29, 0.717) is 0 Å². The molecular weight excluding hydrogens is 438 g/mol. The van der Waals surface area contributed by atoms with E-state index in [-0.39, 0.29) is 36.0 Å². The Hall–Kier alpha value is -3.86. The van der Waals surface area contributed by atoms with Gasteiger partial charge in [0.05, 0.1) is 25.0 Å². The Bertz CT molecular complexity index is 1320. The number of aromatic nitrogens is 4. The van der Waals surface area contributed by atoms with Crippen molar-refractivity contribution in [3.63, 3.8) is 0 Å². The summed E-state index contributed by atoms with van der Waals surface area (Å²) >= 11 is 0. The molecule has 1 saturated heterocycles. The van der Waals surface area contributed by atoms with Crippen molar-refractivity contribution in [2.24, 2.45) is 0 Å². The maximum Gasteiger partial charge on any atom is 0.280 e. The first-order valence-corrected chi connectivity index (χ1v) is 10.9. The maximum absolute atomic E-state index is 13.4. The Morgan fingerprint density at radius 2 is 1.79 bits per heavy atom. The standard InChI is InChI=1S/C24H23N5O5/c30-12-17-16(31)11-18(34-17)29-13-25-20-21(29)26-24(28-23(20)33)27-22(32)19(14-7-3-1-4-8-14)15-9-5-2-6-10-15/h1-10,13,16-19,30-31H,11-12H2,(H2,26,27,28,32,33). The highest BCUT2D eigenvalue weighted by Crippen LogP contribution is 2.30. The average Bonchev–Trinajstić information content (AvgIpc) is 3.44. The van der Waals surface area contributed by atoms with E-state index >= 15 is 0 Å². The van der Waals surface area contributed by atoms with Gasteiger partial charge in [0.15, 0.2) is 11.2 Å². The molecule has 2 aromatic heterocycles. The highest BCUT2D eigenvalue weighted by molar-refractivity contribution is 5.97. The third-order valence-corrected chi connectivity index (χ3v) is 5.90. The molecule has 0 aliphatic carbocycles. The van der Waals surface area contributed by atoms with E-state index in [0.717, 1.165) is 11.1 Å². The van der Waals surface area contributed by atoms with Crippen LogP contribution in [0.1, 0.15) is 29.7 Å². The second-order valence-electron chi connectivity index (χ2n) is 8.10. The zero-order chi connectivity index (χ0) is 23.7. The highest BCUT2D eigenvalue weighted by atomic mass is 16.5. The van der Waals surface area contributed by atoms with Gasteiger partial charge in [0.25, 0.3) is 5.56 Å². The first-order chi connectivity index (χ1) is 16.5. The van der Waals surface area contributed by atoms with Gasteiger partial charge in [0.2, 0.25) is 11.9 Å². The number of nitrogens with one attached hydrogen (secondary N) is 2. The van der Waals surface area contributed by atoms with Crippen molar-refractivity contribution >= 4 is 23.0 Å². The Labute approximate surface area is 193 Å². The molecule has 1 aliphatic heterocycles. The number of carbonyl (C=O) groups is 1. The molecule has 3 unspecified atom stereocenters. The molecule has 0 saturated carbocycles. The Balaban J connectivity index is 1.48. The van der Waals surface area contributed by atoms with Gasteiger partial charge in [0.1, 0.15) is 12.3 Å². The molecule has 3 heterocycles. The van der Waals surface area contributed by atoms with E-state index in [1.54, 1.807) is 0 Å². The van der Waals surface area contributed by atoms with Crippen molar-refractivity contribution < 1.29 is 19.7 Å². The number of nitrogens with zero attached hydrogens (tertiary/aromatic N) is 3. The average molecular weight is 461 g/mol. The van der Waals surface area contributed by atoms with Crippen LogP contribution in [-0.2, 0) is 9.53 Å². The minimum absolute atomic E-state index is 0.0293. The summed E-state index contributed by atoms with van der Waals surface area (Å²) in [7, 11) is 0. The summed E-state index contributed by atoms with van der Waals surface area (Å²) in [5.41, 5.74) is 1.34. The molecule has 1 fully saturated rings. The molecule has 34 heavy (non-hydrogen) atoms. The predicted molar refractivity (Wildman–Crippen MR) is 123 cm³/mol. The summed E-state index contributed by atoms with van der Waals surface area (Å²) in [5.74, 6) is -1.01. The molecule has 0 bridgehead atoms. The second kappa shape index (κ2) is 9.18. The first-order valence-electron chi connectivity index (χ1n) is 10.9. The SMILES string of the molecule is O=C(Nc1nc2c(ncn2C2CC(O)C(CO)O2)c(=O)[nH]1)C(c1ccccc1)c1ccccc1. The molecule has 10 nitrogen and oxygen atoms in total. The van der Waals surface area contributed by atoms with Gasteiger partial charge in [-0.05, 0) is 11.1 Å². The molecule has 4 aromatic rings. The molecule has 10 heteroatoms. The van der Waals surface area contributed by atoms with Crippen molar-refractivity contribution in [2.45, 2.75) is 30.8 Å². The molecule has 2 aromatic carbocycles. The van der Waals surface area contributed by atoms with Crippen molar-refractivity contribution in [3.8, 4) is 0 Å². The van der Waals surface area contributed by atoms with Crippen LogP contribution in [0.2, 0.25) is 0 Å². The molecule has 0 radical (unpaired) electrons. The minimum atomic E-state index is -0.855. The lowest BCUT2D eigenvalue weighted by molar-refractivity contribution is -0.116. The van der Waals surface area contributed by atoms with E-state index in [9.17, 15) is 19.8 Å². The topological polar surface area (TPSA) is 142 Å². The number of carbonyl (C=O) groups excluding carboxylic acids is 1. The van der Waals surface area contributed by atoms with Crippen molar-refractivity contribution in [1.29, 1.82) is 0 Å². The summed E-state index contributed by atoms with van der Waals surface area (Å²) < 4.78 is 7.19. The molecule has 174 valence electrons. The normalized spacial score (nSPS) is 20.1. The number of anilines is 1. The summed E-state index contributed by atoms with van der Waals surface area (Å²) in [4.78, 5) is 37.1. The monoisotopic (exact) mass is 461 g/mol. The minimum Gasteiger partial charge on any atom is -0.394 e. The molecular formula is C24H23N5O5. The van der Waals surface area contributed by atoms with E-state index < -0.39 is 29.9 Å². The van der Waals surface area contributed by atoms with Crippen LogP contribution in [0.15, 0.2) is 71.8 Å². The van der Waals surface area contributed by atoms with Crippen LogP contribution >= 0.6 is 0 Å². The smallest absolute Gasteiger partial charge is 0.280 e. The van der Waals surface area contributed by atoms with Gasteiger partial charge in [-0.1, -0.05) is 60.7 Å². The fourth-order valence-electron chi connectivity index (χ4n) is 4.22. The van der Waals surface area contributed by atoms with E-state index in [1.165, 1.54) is 10.9 Å². The quantitative estimate of drug-likeness (QED) is 0.341. The fourth-order valence-corrected chi connectivity index (χ4v) is 4.22. The van der Waals surface area contributed by atoms with Crippen LogP contribution in [0.25, 0.3) is 11.2 Å². The Kier molecular flexibility index (Phi) is 5.93.